The number of H-pyrrole nitrogens is 1. The number of fused-ring (bicyclic) bond motifs is 1. The van der Waals surface area contributed by atoms with Gasteiger partial charge in [0.2, 0.25) is 0 Å². The van der Waals surface area contributed by atoms with E-state index in [4.69, 9.17) is 15.2 Å². The fourth-order valence-electron chi connectivity index (χ4n) is 3.88. The number of hydrogen-bond donors (Lipinski definition) is 2. The largest absolute Gasteiger partial charge is 0.493 e. The number of imidazole rings is 1. The summed E-state index contributed by atoms with van der Waals surface area (Å²) in [4.78, 5) is 19.7. The Balaban J connectivity index is 1.77. The van der Waals surface area contributed by atoms with Crippen LogP contribution in [-0.2, 0) is 0 Å². The molecule has 0 aliphatic heterocycles. The number of primary amides is 1. The normalized spacial score (nSPS) is 12.0. The summed E-state index contributed by atoms with van der Waals surface area (Å²) in [5.74, 6) is 0.706. The van der Waals surface area contributed by atoms with Gasteiger partial charge < -0.3 is 20.2 Å². The summed E-state index contributed by atoms with van der Waals surface area (Å²) in [6, 6.07) is 13.4. The molecule has 0 fully saturated rings. The van der Waals surface area contributed by atoms with Crippen LogP contribution in [0.4, 0.5) is 4.39 Å². The Bertz CT molecular complexity index is 1370. The summed E-state index contributed by atoms with van der Waals surface area (Å²) in [7, 11) is 1.56. The number of nitrogens with one attached hydrogen (secondary N) is 1. The van der Waals surface area contributed by atoms with E-state index >= 15 is 0 Å². The van der Waals surface area contributed by atoms with Crippen LogP contribution < -0.4 is 15.2 Å². The van der Waals surface area contributed by atoms with E-state index in [1.807, 2.05) is 12.1 Å². The van der Waals surface area contributed by atoms with Gasteiger partial charge in [0.25, 0.3) is 5.91 Å². The van der Waals surface area contributed by atoms with Crippen molar-refractivity contribution in [1.82, 2.24) is 9.97 Å². The Hall–Kier alpha value is -2.91. The number of aromatic nitrogens is 2. The molecule has 0 saturated heterocycles. The van der Waals surface area contributed by atoms with Gasteiger partial charge in [-0.3, -0.25) is 4.79 Å². The molecular formula is C26H24Br2FN3O3. The number of hydrogen-bond acceptors (Lipinski definition) is 4. The molecule has 0 saturated carbocycles. The van der Waals surface area contributed by atoms with Crippen molar-refractivity contribution >= 4 is 48.8 Å². The predicted molar refractivity (Wildman–Crippen MR) is 141 cm³/mol. The molecule has 4 aromatic rings. The van der Waals surface area contributed by atoms with Crippen LogP contribution in [0.5, 0.6) is 11.5 Å². The maximum Gasteiger partial charge on any atom is 0.250 e. The summed E-state index contributed by atoms with van der Waals surface area (Å²) < 4.78 is 27.0. The van der Waals surface area contributed by atoms with Crippen LogP contribution in [-0.4, -0.2) is 23.0 Å². The molecule has 9 heteroatoms. The lowest BCUT2D eigenvalue weighted by Gasteiger charge is -2.23. The molecule has 0 bridgehead atoms. The Morgan fingerprint density at radius 3 is 2.57 bits per heavy atom. The minimum atomic E-state index is -0.547. The molecule has 0 aliphatic rings. The molecule has 4 rings (SSSR count). The number of carbonyl (C=O) groups is 1. The van der Waals surface area contributed by atoms with Crippen molar-refractivity contribution in [2.75, 3.05) is 7.11 Å². The molecule has 35 heavy (non-hydrogen) atoms. The first-order valence-electron chi connectivity index (χ1n) is 11.1. The molecule has 1 atom stereocenters. The summed E-state index contributed by atoms with van der Waals surface area (Å²) in [5.41, 5.74) is 8.63. The first-order chi connectivity index (χ1) is 16.8. The third-order valence-corrected chi connectivity index (χ3v) is 7.82. The highest BCUT2D eigenvalue weighted by molar-refractivity contribution is 9.13. The highest BCUT2D eigenvalue weighted by Gasteiger charge is 2.24. The number of ether oxygens (including phenoxy) is 2. The zero-order chi connectivity index (χ0) is 25.1. The summed E-state index contributed by atoms with van der Waals surface area (Å²) in [6.45, 7) is 2.11. The second-order valence-electron chi connectivity index (χ2n) is 8.04. The number of nitrogens with two attached hydrogens (primary N) is 1. The lowest BCUT2D eigenvalue weighted by molar-refractivity contribution is 0.100. The number of amides is 1. The van der Waals surface area contributed by atoms with Gasteiger partial charge in [-0.05, 0) is 80.6 Å². The van der Waals surface area contributed by atoms with E-state index in [2.05, 4.69) is 48.8 Å². The van der Waals surface area contributed by atoms with E-state index in [-0.39, 0.29) is 11.9 Å². The minimum Gasteiger partial charge on any atom is -0.493 e. The van der Waals surface area contributed by atoms with E-state index in [0.29, 0.717) is 48.4 Å². The number of benzene rings is 3. The molecule has 0 spiro atoms. The number of carbonyl (C=O) groups excluding carboxylic acids is 1. The van der Waals surface area contributed by atoms with E-state index in [1.165, 1.54) is 12.1 Å². The van der Waals surface area contributed by atoms with Crippen LogP contribution in [0, 0.1) is 5.82 Å². The average Bonchev–Trinajstić information content (AvgIpc) is 3.29. The van der Waals surface area contributed by atoms with E-state index in [9.17, 15) is 9.18 Å². The standard InChI is InChI=1S/C26H24Br2FN3O3/c1-3-4-8-19(14-9-11-15(29)12-10-14)35-24-20(34-2)13-17(21(27)22(24)28)26-31-18-7-5-6-16(25(30)33)23(18)32-26/h5-7,9-13,19H,3-4,8H2,1-2H3,(H2,30,33)(H,31,32). The van der Waals surface area contributed by atoms with Gasteiger partial charge in [0.1, 0.15) is 23.3 Å². The topological polar surface area (TPSA) is 90.2 Å². The smallest absolute Gasteiger partial charge is 0.250 e. The zero-order valence-electron chi connectivity index (χ0n) is 19.2. The quantitative estimate of drug-likeness (QED) is 0.209. The monoisotopic (exact) mass is 603 g/mol. The third-order valence-electron chi connectivity index (χ3n) is 5.70. The van der Waals surface area contributed by atoms with Gasteiger partial charge in [-0.2, -0.15) is 0 Å². The summed E-state index contributed by atoms with van der Waals surface area (Å²) >= 11 is 7.32. The Morgan fingerprint density at radius 1 is 1.17 bits per heavy atom. The fraction of sp³-hybridized carbons (Fsp3) is 0.231. The maximum atomic E-state index is 13.5. The van der Waals surface area contributed by atoms with Crippen LogP contribution in [0.3, 0.4) is 0 Å². The van der Waals surface area contributed by atoms with E-state index in [1.54, 1.807) is 31.4 Å². The lowest BCUT2D eigenvalue weighted by Crippen LogP contribution is -2.11. The highest BCUT2D eigenvalue weighted by atomic mass is 79.9. The van der Waals surface area contributed by atoms with Gasteiger partial charge in [-0.15, -0.1) is 0 Å². The Kier molecular flexibility index (Phi) is 7.76. The minimum absolute atomic E-state index is 0.289. The van der Waals surface area contributed by atoms with Crippen molar-refractivity contribution in [2.24, 2.45) is 5.73 Å². The highest BCUT2D eigenvalue weighted by Crippen LogP contribution is 2.47. The number of rotatable bonds is 9. The molecular weight excluding hydrogens is 581 g/mol. The number of aromatic amines is 1. The molecule has 1 amide bonds. The molecule has 182 valence electrons. The maximum absolute atomic E-state index is 13.5. The van der Waals surface area contributed by atoms with Gasteiger partial charge in [-0.25, -0.2) is 9.37 Å². The van der Waals surface area contributed by atoms with Crippen molar-refractivity contribution in [1.29, 1.82) is 0 Å². The second kappa shape index (κ2) is 10.8. The van der Waals surface area contributed by atoms with Crippen LogP contribution >= 0.6 is 31.9 Å². The molecule has 0 aliphatic carbocycles. The van der Waals surface area contributed by atoms with E-state index in [0.717, 1.165) is 24.8 Å². The SMILES string of the molecule is CCCCC(Oc1c(OC)cc(-c2nc3c(C(N)=O)cccc3[nH]2)c(Br)c1Br)c1ccc(F)cc1. The molecule has 1 aromatic heterocycles. The molecule has 0 radical (unpaired) electrons. The van der Waals surface area contributed by atoms with Crippen molar-refractivity contribution < 1.29 is 18.7 Å². The Labute approximate surface area is 219 Å². The van der Waals surface area contributed by atoms with Gasteiger partial charge in [-0.1, -0.05) is 31.5 Å². The van der Waals surface area contributed by atoms with Crippen LogP contribution in [0.25, 0.3) is 22.4 Å². The van der Waals surface area contributed by atoms with Gasteiger partial charge >= 0.3 is 0 Å². The summed E-state index contributed by atoms with van der Waals surface area (Å²) in [5, 5.41) is 0. The zero-order valence-corrected chi connectivity index (χ0v) is 22.4. The average molecular weight is 605 g/mol. The van der Waals surface area contributed by atoms with Gasteiger partial charge in [0.15, 0.2) is 11.5 Å². The van der Waals surface area contributed by atoms with Gasteiger partial charge in [0.05, 0.1) is 22.7 Å². The van der Waals surface area contributed by atoms with E-state index < -0.39 is 5.91 Å². The third kappa shape index (κ3) is 5.21. The predicted octanol–water partition coefficient (Wildman–Crippen LogP) is 7.31. The molecule has 3 N–H and O–H groups in total. The van der Waals surface area contributed by atoms with Crippen LogP contribution in [0.15, 0.2) is 57.5 Å². The fourth-order valence-corrected chi connectivity index (χ4v) is 4.87. The van der Waals surface area contributed by atoms with Crippen molar-refractivity contribution in [3.63, 3.8) is 0 Å². The van der Waals surface area contributed by atoms with Crippen molar-refractivity contribution in [3.8, 4) is 22.9 Å². The Morgan fingerprint density at radius 2 is 1.91 bits per heavy atom. The van der Waals surface area contributed by atoms with Gasteiger partial charge in [0, 0.05) is 10.0 Å². The second-order valence-corrected chi connectivity index (χ2v) is 9.62. The molecule has 3 aromatic carbocycles. The molecule has 1 heterocycles. The number of nitrogens with zero attached hydrogens (tertiary/aromatic N) is 1. The summed E-state index contributed by atoms with van der Waals surface area (Å²) in [6.07, 6.45) is 2.42. The van der Waals surface area contributed by atoms with Crippen LogP contribution in [0.2, 0.25) is 0 Å². The molecule has 1 unspecified atom stereocenters. The number of unbranched alkanes of at least 4 members (excludes halogenated alkanes) is 1. The lowest BCUT2D eigenvalue weighted by atomic mass is 10.0. The number of halogens is 3. The van der Waals surface area contributed by atoms with Crippen LogP contribution in [0.1, 0.15) is 48.2 Å². The number of methoxy groups -OCH3 is 1. The van der Waals surface area contributed by atoms with Crippen molar-refractivity contribution in [2.45, 2.75) is 32.3 Å². The first-order valence-corrected chi connectivity index (χ1v) is 12.7. The molecule has 6 nitrogen and oxygen atoms in total. The van der Waals surface area contributed by atoms with Crippen molar-refractivity contribution in [3.05, 3.63) is 74.4 Å². The first kappa shape index (κ1) is 25.2. The number of para-hydroxylation sites is 1.